The molecule has 3 rings (SSSR count). The number of benzene rings is 1. The minimum Gasteiger partial charge on any atom is -0.810 e. The van der Waals surface area contributed by atoms with E-state index < -0.39 is 37.1 Å². The molecule has 1 aliphatic heterocycles. The predicted molar refractivity (Wildman–Crippen MR) is 80.6 cm³/mol. The summed E-state index contributed by atoms with van der Waals surface area (Å²) >= 11 is 0. The van der Waals surface area contributed by atoms with Crippen molar-refractivity contribution >= 4 is 13.4 Å². The average molecular weight is 401 g/mol. The standard InChI is InChI=1S/C16H21FNO5P.2Na/c1-23-14-6-5-11-15(16(14)24(20,21)22)13(19)8-12(18-11)9-3-2-4-10(17)7-9;;/h2-4,7,11-12,14-16,18H,5-6,8H2,1H3,(H2,20,21,22);;/q;2*+1/p-2. The van der Waals surface area contributed by atoms with E-state index in [0.29, 0.717) is 18.4 Å². The second kappa shape index (κ2) is 10.1. The van der Waals surface area contributed by atoms with Gasteiger partial charge in [-0.05, 0) is 30.5 Å². The number of fused-ring (bicyclic) bond motifs is 1. The summed E-state index contributed by atoms with van der Waals surface area (Å²) in [4.78, 5) is 36.1. The first-order chi connectivity index (χ1) is 11.3. The number of piperidine rings is 1. The van der Waals surface area contributed by atoms with E-state index in [4.69, 9.17) is 4.74 Å². The topological polar surface area (TPSA) is 102 Å². The molecule has 6 nitrogen and oxygen atoms in total. The van der Waals surface area contributed by atoms with Gasteiger partial charge in [-0.1, -0.05) is 19.7 Å². The number of Topliss-reactive ketones (excluding diaryl/α,β-unsaturated/α-hetero) is 1. The Balaban J connectivity index is 0.00000169. The van der Waals surface area contributed by atoms with E-state index >= 15 is 0 Å². The number of carbonyl (C=O) groups is 1. The maximum atomic E-state index is 13.4. The molecule has 26 heavy (non-hydrogen) atoms. The fourth-order valence-corrected chi connectivity index (χ4v) is 5.46. The zero-order chi connectivity index (χ0) is 17.5. The molecule has 0 radical (unpaired) electrons. The van der Waals surface area contributed by atoms with Crippen molar-refractivity contribution in [1.29, 1.82) is 0 Å². The van der Waals surface area contributed by atoms with Crippen LogP contribution in [-0.2, 0) is 14.1 Å². The van der Waals surface area contributed by atoms with Gasteiger partial charge in [0.2, 0.25) is 0 Å². The quantitative estimate of drug-likeness (QED) is 0.401. The summed E-state index contributed by atoms with van der Waals surface area (Å²) < 4.78 is 30.3. The molecule has 0 spiro atoms. The Kier molecular flexibility index (Phi) is 9.66. The van der Waals surface area contributed by atoms with Gasteiger partial charge in [0.15, 0.2) is 0 Å². The van der Waals surface area contributed by atoms with Gasteiger partial charge in [0.05, 0.1) is 6.10 Å². The van der Waals surface area contributed by atoms with Crippen LogP contribution in [0.5, 0.6) is 0 Å². The first-order valence-corrected chi connectivity index (χ1v) is 9.51. The van der Waals surface area contributed by atoms with Crippen molar-refractivity contribution in [1.82, 2.24) is 5.32 Å². The van der Waals surface area contributed by atoms with Gasteiger partial charge < -0.3 is 24.4 Å². The third-order valence-corrected chi connectivity index (χ3v) is 6.44. The third kappa shape index (κ3) is 5.28. The minimum atomic E-state index is -4.99. The van der Waals surface area contributed by atoms with E-state index in [-0.39, 0.29) is 77.4 Å². The van der Waals surface area contributed by atoms with Crippen LogP contribution >= 0.6 is 7.60 Å². The number of halogens is 1. The molecule has 1 N–H and O–H groups in total. The van der Waals surface area contributed by atoms with Crippen molar-refractivity contribution < 1.29 is 87.4 Å². The van der Waals surface area contributed by atoms with Crippen LogP contribution in [-0.4, -0.2) is 30.7 Å². The number of hydrogen-bond acceptors (Lipinski definition) is 6. The van der Waals surface area contributed by atoms with Gasteiger partial charge in [-0.25, -0.2) is 4.39 Å². The summed E-state index contributed by atoms with van der Waals surface area (Å²) in [5, 5.41) is 3.23. The Bertz CT molecular complexity index is 688. The summed E-state index contributed by atoms with van der Waals surface area (Å²) in [5.74, 6) is -1.59. The average Bonchev–Trinajstić information content (AvgIpc) is 2.52. The monoisotopic (exact) mass is 401 g/mol. The van der Waals surface area contributed by atoms with E-state index in [1.54, 1.807) is 12.1 Å². The third-order valence-electron chi connectivity index (χ3n) is 5.06. The molecule has 1 aliphatic carbocycles. The van der Waals surface area contributed by atoms with E-state index in [0.717, 1.165) is 0 Å². The maximum absolute atomic E-state index is 13.4. The smallest absolute Gasteiger partial charge is 0.810 e. The molecule has 0 bridgehead atoms. The number of rotatable bonds is 3. The first kappa shape index (κ1) is 24.9. The van der Waals surface area contributed by atoms with Gasteiger partial charge >= 0.3 is 59.1 Å². The van der Waals surface area contributed by atoms with Crippen LogP contribution in [0, 0.1) is 11.7 Å². The number of nitrogens with one attached hydrogen (secondary N) is 1. The van der Waals surface area contributed by atoms with Crippen molar-refractivity contribution in [2.24, 2.45) is 5.92 Å². The molecule has 0 aromatic heterocycles. The van der Waals surface area contributed by atoms with E-state index in [1.807, 2.05) is 0 Å². The van der Waals surface area contributed by atoms with Gasteiger partial charge in [0, 0.05) is 37.2 Å². The molecular formula is C16H19FNNa2O5P. The van der Waals surface area contributed by atoms with E-state index in [1.165, 1.54) is 19.2 Å². The zero-order valence-corrected chi connectivity index (χ0v) is 20.1. The summed E-state index contributed by atoms with van der Waals surface area (Å²) in [5.41, 5.74) is -0.714. The Morgan fingerprint density at radius 3 is 2.54 bits per heavy atom. The molecule has 1 aromatic carbocycles. The van der Waals surface area contributed by atoms with Gasteiger partial charge in [-0.15, -0.1) is 0 Å². The van der Waals surface area contributed by atoms with Crippen LogP contribution in [0.3, 0.4) is 0 Å². The normalized spacial score (nSPS) is 31.4. The molecule has 5 unspecified atom stereocenters. The van der Waals surface area contributed by atoms with Crippen LogP contribution in [0.25, 0.3) is 0 Å². The van der Waals surface area contributed by atoms with Gasteiger partial charge in [-0.3, -0.25) is 4.79 Å². The fraction of sp³-hybridized carbons (Fsp3) is 0.562. The van der Waals surface area contributed by atoms with Crippen LogP contribution in [0.4, 0.5) is 4.39 Å². The van der Waals surface area contributed by atoms with Crippen LogP contribution in [0.15, 0.2) is 24.3 Å². The molecule has 2 aliphatic rings. The van der Waals surface area contributed by atoms with Crippen molar-refractivity contribution in [3.63, 3.8) is 0 Å². The van der Waals surface area contributed by atoms with Crippen molar-refractivity contribution in [3.8, 4) is 0 Å². The largest absolute Gasteiger partial charge is 1.00 e. The van der Waals surface area contributed by atoms with Crippen LogP contribution in [0.1, 0.15) is 30.9 Å². The Hall–Kier alpha value is 0.890. The maximum Gasteiger partial charge on any atom is 1.00 e. The Morgan fingerprint density at radius 1 is 1.27 bits per heavy atom. The molecule has 10 heteroatoms. The number of ether oxygens (including phenoxy) is 1. The SMILES string of the molecule is COC1CCC2NC(c3cccc(F)c3)CC(=O)C2C1P(=O)([O-])[O-].[Na+].[Na+]. The fourth-order valence-electron chi connectivity index (χ4n) is 4.01. The Labute approximate surface area is 196 Å². The summed E-state index contributed by atoms with van der Waals surface area (Å²) in [7, 11) is -3.63. The molecule has 1 saturated carbocycles. The minimum absolute atomic E-state index is 0. The van der Waals surface area contributed by atoms with Gasteiger partial charge in [-0.2, -0.15) is 0 Å². The van der Waals surface area contributed by atoms with Gasteiger partial charge in [0.25, 0.3) is 0 Å². The van der Waals surface area contributed by atoms with Crippen molar-refractivity contribution in [2.75, 3.05) is 7.11 Å². The zero-order valence-electron chi connectivity index (χ0n) is 15.2. The summed E-state index contributed by atoms with van der Waals surface area (Å²) in [6, 6.07) is 5.16. The number of carbonyl (C=O) groups excluding carboxylic acids is 1. The van der Waals surface area contributed by atoms with Gasteiger partial charge in [0.1, 0.15) is 11.6 Å². The van der Waals surface area contributed by atoms with Crippen molar-refractivity contribution in [2.45, 2.75) is 43.1 Å². The number of methoxy groups -OCH3 is 1. The predicted octanol–water partition coefficient (Wildman–Crippen LogP) is -5.49. The van der Waals surface area contributed by atoms with E-state index in [9.17, 15) is 23.5 Å². The number of hydrogen-bond donors (Lipinski definition) is 1. The summed E-state index contributed by atoms with van der Waals surface area (Å²) in [6.07, 6.45) is 0.172. The molecule has 132 valence electrons. The molecule has 1 saturated heterocycles. The molecular weight excluding hydrogens is 382 g/mol. The van der Waals surface area contributed by atoms with Crippen LogP contribution < -0.4 is 74.2 Å². The van der Waals surface area contributed by atoms with Crippen molar-refractivity contribution in [3.05, 3.63) is 35.6 Å². The van der Waals surface area contributed by atoms with E-state index in [2.05, 4.69) is 5.32 Å². The molecule has 5 atom stereocenters. The summed E-state index contributed by atoms with van der Waals surface area (Å²) in [6.45, 7) is 0. The second-order valence-corrected chi connectivity index (χ2v) is 8.13. The second-order valence-electron chi connectivity index (χ2n) is 6.46. The Morgan fingerprint density at radius 2 is 1.96 bits per heavy atom. The molecule has 1 heterocycles. The van der Waals surface area contributed by atoms with Crippen LogP contribution in [0.2, 0.25) is 0 Å². The molecule has 1 aromatic rings. The molecule has 0 amide bonds. The first-order valence-electron chi connectivity index (χ1n) is 7.90. The molecule has 2 fully saturated rings. The number of ketones is 1.